The highest BCUT2D eigenvalue weighted by molar-refractivity contribution is 4.18. The summed E-state index contributed by atoms with van der Waals surface area (Å²) in [5.74, 6) is 5.19. The molecule has 7 heavy (non-hydrogen) atoms. The Bertz CT molecular complexity index is 38.7. The highest BCUT2D eigenvalue weighted by atomic mass is 16.5. The van der Waals surface area contributed by atoms with E-state index >= 15 is 0 Å². The van der Waals surface area contributed by atoms with E-state index in [1.165, 1.54) is 5.01 Å². The third kappa shape index (κ3) is 5.88. The number of nitrogens with zero attached hydrogens (tertiary/aromatic N) is 1. The van der Waals surface area contributed by atoms with Crippen molar-refractivity contribution in [2.75, 3.05) is 20.4 Å². The molecule has 0 unspecified atom stereocenters. The molecule has 0 aliphatic rings. The standard InChI is InChI=1S/C4H12N2O/c1-3-7-4-6(2)5/h3-5H2,1-2H3. The van der Waals surface area contributed by atoms with Crippen LogP contribution < -0.4 is 5.84 Å². The van der Waals surface area contributed by atoms with Crippen LogP contribution in [-0.4, -0.2) is 25.4 Å². The first-order valence-corrected chi connectivity index (χ1v) is 2.31. The molecule has 3 heteroatoms. The summed E-state index contributed by atoms with van der Waals surface area (Å²) in [6, 6.07) is 0. The molecule has 3 nitrogen and oxygen atoms in total. The van der Waals surface area contributed by atoms with Gasteiger partial charge in [-0.25, -0.2) is 5.01 Å². The van der Waals surface area contributed by atoms with Crippen LogP contribution in [0.5, 0.6) is 0 Å². The normalized spacial score (nSPS) is 10.3. The van der Waals surface area contributed by atoms with Crippen molar-refractivity contribution < 1.29 is 4.74 Å². The fourth-order valence-electron chi connectivity index (χ4n) is 0.235. The molecule has 0 saturated carbocycles. The summed E-state index contributed by atoms with van der Waals surface area (Å²) in [6.07, 6.45) is 0. The topological polar surface area (TPSA) is 38.5 Å². The van der Waals surface area contributed by atoms with E-state index in [4.69, 9.17) is 10.6 Å². The van der Waals surface area contributed by atoms with Gasteiger partial charge in [-0.3, -0.25) is 5.84 Å². The Morgan fingerprint density at radius 3 is 2.43 bits per heavy atom. The predicted molar refractivity (Wildman–Crippen MR) is 28.4 cm³/mol. The van der Waals surface area contributed by atoms with E-state index in [9.17, 15) is 0 Å². The molecule has 0 aromatic rings. The quantitative estimate of drug-likeness (QED) is 0.306. The van der Waals surface area contributed by atoms with Gasteiger partial charge in [-0.2, -0.15) is 0 Å². The van der Waals surface area contributed by atoms with Crippen LogP contribution in [0.4, 0.5) is 0 Å². The van der Waals surface area contributed by atoms with Crippen molar-refractivity contribution >= 4 is 0 Å². The minimum atomic E-state index is 0.510. The van der Waals surface area contributed by atoms with Crippen LogP contribution in [0.25, 0.3) is 0 Å². The number of hydrogen-bond donors (Lipinski definition) is 1. The summed E-state index contributed by atoms with van der Waals surface area (Å²) in [7, 11) is 1.76. The molecule has 0 aliphatic heterocycles. The lowest BCUT2D eigenvalue weighted by Crippen LogP contribution is -2.28. The van der Waals surface area contributed by atoms with Gasteiger partial charge < -0.3 is 4.74 Å². The zero-order valence-corrected chi connectivity index (χ0v) is 4.85. The van der Waals surface area contributed by atoms with Crippen LogP contribution in [-0.2, 0) is 4.74 Å². The number of ether oxygens (including phenoxy) is 1. The van der Waals surface area contributed by atoms with Crippen molar-refractivity contribution in [3.63, 3.8) is 0 Å². The Kier molecular flexibility index (Phi) is 3.98. The van der Waals surface area contributed by atoms with Gasteiger partial charge in [0.2, 0.25) is 0 Å². The van der Waals surface area contributed by atoms with Gasteiger partial charge in [0.05, 0.1) is 0 Å². The average Bonchev–Trinajstić information content (AvgIpc) is 1.61. The number of hydrogen-bond acceptors (Lipinski definition) is 3. The van der Waals surface area contributed by atoms with Crippen LogP contribution in [0.15, 0.2) is 0 Å². The minimum absolute atomic E-state index is 0.510. The van der Waals surface area contributed by atoms with E-state index in [0.29, 0.717) is 6.73 Å². The molecule has 0 heterocycles. The molecule has 0 aromatic carbocycles. The van der Waals surface area contributed by atoms with Gasteiger partial charge in [-0.15, -0.1) is 0 Å². The molecule has 0 aromatic heterocycles. The van der Waals surface area contributed by atoms with Gasteiger partial charge in [-0.05, 0) is 6.92 Å². The summed E-state index contributed by atoms with van der Waals surface area (Å²) >= 11 is 0. The van der Waals surface area contributed by atoms with Crippen LogP contribution in [0, 0.1) is 0 Å². The number of hydrazine groups is 1. The molecule has 0 saturated heterocycles. The minimum Gasteiger partial charge on any atom is -0.365 e. The van der Waals surface area contributed by atoms with E-state index in [1.54, 1.807) is 7.05 Å². The molecule has 0 atom stereocenters. The Morgan fingerprint density at radius 2 is 2.29 bits per heavy atom. The van der Waals surface area contributed by atoms with E-state index in [1.807, 2.05) is 6.92 Å². The maximum Gasteiger partial charge on any atom is 0.111 e. The first kappa shape index (κ1) is 6.88. The maximum atomic E-state index is 5.19. The van der Waals surface area contributed by atoms with E-state index < -0.39 is 0 Å². The lowest BCUT2D eigenvalue weighted by molar-refractivity contribution is 0.0508. The van der Waals surface area contributed by atoms with Gasteiger partial charge in [0.25, 0.3) is 0 Å². The smallest absolute Gasteiger partial charge is 0.111 e. The summed E-state index contributed by atoms with van der Waals surface area (Å²) in [6.45, 7) is 3.17. The van der Waals surface area contributed by atoms with Crippen molar-refractivity contribution in [2.45, 2.75) is 6.92 Å². The molecule has 0 radical (unpaired) electrons. The molecule has 0 bridgehead atoms. The zero-order valence-electron chi connectivity index (χ0n) is 4.85. The Balaban J connectivity index is 2.68. The van der Waals surface area contributed by atoms with Crippen molar-refractivity contribution in [1.82, 2.24) is 5.01 Å². The third-order valence-electron chi connectivity index (χ3n) is 0.499. The number of rotatable bonds is 3. The van der Waals surface area contributed by atoms with Gasteiger partial charge in [-0.1, -0.05) is 0 Å². The fraction of sp³-hybridized carbons (Fsp3) is 1.00. The molecule has 0 amide bonds. The molecule has 2 N–H and O–H groups in total. The van der Waals surface area contributed by atoms with Crippen molar-refractivity contribution in [3.05, 3.63) is 0 Å². The molecule has 44 valence electrons. The van der Waals surface area contributed by atoms with E-state index in [-0.39, 0.29) is 0 Å². The Labute approximate surface area is 44.0 Å². The van der Waals surface area contributed by atoms with E-state index in [2.05, 4.69) is 0 Å². The van der Waals surface area contributed by atoms with Crippen LogP contribution in [0.1, 0.15) is 6.92 Å². The molecular weight excluding hydrogens is 92.1 g/mol. The van der Waals surface area contributed by atoms with Crippen molar-refractivity contribution in [2.24, 2.45) is 5.84 Å². The molecule has 0 spiro atoms. The highest BCUT2D eigenvalue weighted by Gasteiger charge is 1.82. The molecule has 0 fully saturated rings. The lowest BCUT2D eigenvalue weighted by Gasteiger charge is -2.06. The molecule has 0 aliphatic carbocycles. The largest absolute Gasteiger partial charge is 0.365 e. The highest BCUT2D eigenvalue weighted by Crippen LogP contribution is 1.71. The van der Waals surface area contributed by atoms with E-state index in [0.717, 1.165) is 6.61 Å². The van der Waals surface area contributed by atoms with Crippen LogP contribution in [0.2, 0.25) is 0 Å². The third-order valence-corrected chi connectivity index (χ3v) is 0.499. The predicted octanol–water partition coefficient (Wildman–Crippen LogP) is -0.214. The van der Waals surface area contributed by atoms with Crippen LogP contribution >= 0.6 is 0 Å². The second-order valence-corrected chi connectivity index (χ2v) is 1.38. The first-order chi connectivity index (χ1) is 3.27. The second-order valence-electron chi connectivity index (χ2n) is 1.38. The lowest BCUT2D eigenvalue weighted by atomic mass is 10.9. The van der Waals surface area contributed by atoms with Gasteiger partial charge in [0.1, 0.15) is 6.73 Å². The van der Waals surface area contributed by atoms with Crippen molar-refractivity contribution in [3.8, 4) is 0 Å². The fourth-order valence-corrected chi connectivity index (χ4v) is 0.235. The monoisotopic (exact) mass is 104 g/mol. The van der Waals surface area contributed by atoms with Crippen molar-refractivity contribution in [1.29, 1.82) is 0 Å². The maximum absolute atomic E-state index is 5.19. The summed E-state index contributed by atoms with van der Waals surface area (Å²) in [5, 5.41) is 1.49. The first-order valence-electron chi connectivity index (χ1n) is 2.31. The summed E-state index contributed by atoms with van der Waals surface area (Å²) in [4.78, 5) is 0. The SMILES string of the molecule is CCOCN(C)N. The summed E-state index contributed by atoms with van der Waals surface area (Å²) < 4.78 is 4.90. The van der Waals surface area contributed by atoms with Gasteiger partial charge in [0.15, 0.2) is 0 Å². The molecular formula is C4H12N2O. The van der Waals surface area contributed by atoms with Gasteiger partial charge in [0, 0.05) is 13.7 Å². The second kappa shape index (κ2) is 4.05. The Hall–Kier alpha value is -0.120. The van der Waals surface area contributed by atoms with Crippen LogP contribution in [0.3, 0.4) is 0 Å². The summed E-state index contributed by atoms with van der Waals surface area (Å²) in [5.41, 5.74) is 0. The van der Waals surface area contributed by atoms with Gasteiger partial charge >= 0.3 is 0 Å². The Morgan fingerprint density at radius 1 is 1.71 bits per heavy atom. The zero-order chi connectivity index (χ0) is 5.70. The average molecular weight is 104 g/mol. The number of nitrogens with two attached hydrogens (primary N) is 1. The molecule has 0 rings (SSSR count).